The van der Waals surface area contributed by atoms with E-state index in [0.29, 0.717) is 0 Å². The van der Waals surface area contributed by atoms with Gasteiger partial charge in [0, 0.05) is 30.7 Å². The molecule has 3 nitrogen and oxygen atoms in total. The maximum absolute atomic E-state index is 5.25. The van der Waals surface area contributed by atoms with Gasteiger partial charge in [0.2, 0.25) is 0 Å². The van der Waals surface area contributed by atoms with E-state index in [2.05, 4.69) is 27.4 Å². The molecule has 78 valence electrons. The summed E-state index contributed by atoms with van der Waals surface area (Å²) in [5, 5.41) is 1.92. The molecule has 0 atom stereocenters. The van der Waals surface area contributed by atoms with Crippen molar-refractivity contribution in [3.8, 4) is 5.75 Å². The number of nitrogens with one attached hydrogen (secondary N) is 1. The molecular weight excluding hydrogens is 244 g/mol. The van der Waals surface area contributed by atoms with Crippen molar-refractivity contribution in [3.05, 3.63) is 28.2 Å². The van der Waals surface area contributed by atoms with Crippen LogP contribution in [0.15, 0.2) is 22.7 Å². The van der Waals surface area contributed by atoms with Gasteiger partial charge in [-0.2, -0.15) is 0 Å². The summed E-state index contributed by atoms with van der Waals surface area (Å²) in [4.78, 5) is 0. The normalized spacial score (nSPS) is 10.6. The molecule has 0 saturated carbocycles. The predicted octanol–water partition coefficient (Wildman–Crippen LogP) is 2.02. The number of rotatable bonds is 4. The lowest BCUT2D eigenvalue weighted by molar-refractivity contribution is 0.283. The van der Waals surface area contributed by atoms with Crippen LogP contribution < -0.4 is 10.2 Å². The van der Waals surface area contributed by atoms with E-state index in [0.717, 1.165) is 22.3 Å². The fraction of sp³-hybridized carbons (Fsp3) is 0.400. The molecule has 0 amide bonds. The average molecular weight is 259 g/mol. The van der Waals surface area contributed by atoms with Crippen LogP contribution in [-0.4, -0.2) is 26.2 Å². The van der Waals surface area contributed by atoms with Crippen LogP contribution in [-0.2, 0) is 6.54 Å². The fourth-order valence-electron chi connectivity index (χ4n) is 1.13. The average Bonchev–Trinajstić information content (AvgIpc) is 2.15. The molecule has 1 aromatic carbocycles. The lowest BCUT2D eigenvalue weighted by Gasteiger charge is -2.14. The first kappa shape index (κ1) is 11.5. The van der Waals surface area contributed by atoms with Gasteiger partial charge in [-0.25, -0.2) is 0 Å². The molecule has 0 fully saturated rings. The predicted molar refractivity (Wildman–Crippen MR) is 61.2 cm³/mol. The number of nitrogens with zero attached hydrogens (tertiary/aromatic N) is 1. The van der Waals surface area contributed by atoms with Gasteiger partial charge >= 0.3 is 0 Å². The van der Waals surface area contributed by atoms with Crippen molar-refractivity contribution >= 4 is 15.9 Å². The van der Waals surface area contributed by atoms with Crippen LogP contribution in [0.4, 0.5) is 0 Å². The number of methoxy groups -OCH3 is 1. The highest BCUT2D eigenvalue weighted by Crippen LogP contribution is 2.22. The summed E-state index contributed by atoms with van der Waals surface area (Å²) in [5.74, 6) is 0.905. The third kappa shape index (κ3) is 3.29. The zero-order chi connectivity index (χ0) is 10.6. The lowest BCUT2D eigenvalue weighted by atomic mass is 10.2. The van der Waals surface area contributed by atoms with Crippen LogP contribution in [0.2, 0.25) is 0 Å². The van der Waals surface area contributed by atoms with Gasteiger partial charge in [-0.15, -0.1) is 0 Å². The molecule has 1 aromatic rings. The molecule has 4 heteroatoms. The molecule has 0 aliphatic rings. The van der Waals surface area contributed by atoms with E-state index in [1.165, 1.54) is 0 Å². The molecule has 1 N–H and O–H groups in total. The topological polar surface area (TPSA) is 24.5 Å². The first-order chi connectivity index (χ1) is 6.63. The molecule has 0 aliphatic carbocycles. The maximum Gasteiger partial charge on any atom is 0.123 e. The molecule has 0 radical (unpaired) electrons. The van der Waals surface area contributed by atoms with Crippen LogP contribution in [0.25, 0.3) is 0 Å². The minimum absolute atomic E-state index is 0.760. The Morgan fingerprint density at radius 3 is 2.71 bits per heavy atom. The quantitative estimate of drug-likeness (QED) is 0.837. The number of hydrazine groups is 1. The molecule has 0 aromatic heterocycles. The van der Waals surface area contributed by atoms with Crippen LogP contribution in [0, 0.1) is 0 Å². The van der Waals surface area contributed by atoms with E-state index >= 15 is 0 Å². The van der Waals surface area contributed by atoms with Crippen LogP contribution in [0.3, 0.4) is 0 Å². The molecule has 0 unspecified atom stereocenters. The Hall–Kier alpha value is -0.580. The third-order valence-electron chi connectivity index (χ3n) is 1.83. The van der Waals surface area contributed by atoms with E-state index in [9.17, 15) is 0 Å². The molecule has 0 saturated heterocycles. The van der Waals surface area contributed by atoms with Crippen LogP contribution in [0.1, 0.15) is 5.56 Å². The first-order valence-electron chi connectivity index (χ1n) is 4.36. The highest BCUT2D eigenvalue weighted by atomic mass is 79.9. The van der Waals surface area contributed by atoms with Crippen molar-refractivity contribution < 1.29 is 4.74 Å². The van der Waals surface area contributed by atoms with Crippen LogP contribution >= 0.6 is 15.9 Å². The van der Waals surface area contributed by atoms with E-state index in [-0.39, 0.29) is 0 Å². The second kappa shape index (κ2) is 5.34. The minimum Gasteiger partial charge on any atom is -0.496 e. The number of hydrogen-bond donors (Lipinski definition) is 1. The molecular formula is C10H15BrN2O. The zero-order valence-corrected chi connectivity index (χ0v) is 10.3. The molecule has 0 aliphatic heterocycles. The summed E-state index contributed by atoms with van der Waals surface area (Å²) < 4.78 is 6.32. The van der Waals surface area contributed by atoms with Crippen molar-refractivity contribution in [1.82, 2.24) is 10.4 Å². The Balaban J connectivity index is 2.77. The van der Waals surface area contributed by atoms with Crippen molar-refractivity contribution in [2.24, 2.45) is 0 Å². The molecule has 0 bridgehead atoms. The standard InChI is InChI=1S/C10H15BrN2O/c1-13(2)12-7-8-6-9(11)4-5-10(8)14-3/h4-6,12H,7H2,1-3H3. The first-order valence-corrected chi connectivity index (χ1v) is 5.16. The zero-order valence-electron chi connectivity index (χ0n) is 8.67. The number of halogens is 1. The Morgan fingerprint density at radius 2 is 2.14 bits per heavy atom. The molecule has 0 spiro atoms. The summed E-state index contributed by atoms with van der Waals surface area (Å²) in [6, 6.07) is 5.98. The Labute approximate surface area is 93.2 Å². The van der Waals surface area contributed by atoms with E-state index in [1.807, 2.05) is 31.2 Å². The second-order valence-electron chi connectivity index (χ2n) is 3.19. The molecule has 1 rings (SSSR count). The summed E-state index contributed by atoms with van der Waals surface area (Å²) in [5.41, 5.74) is 4.33. The van der Waals surface area contributed by atoms with Crippen molar-refractivity contribution in [1.29, 1.82) is 0 Å². The van der Waals surface area contributed by atoms with Gasteiger partial charge in [0.25, 0.3) is 0 Å². The monoisotopic (exact) mass is 258 g/mol. The van der Waals surface area contributed by atoms with E-state index in [4.69, 9.17) is 4.74 Å². The van der Waals surface area contributed by atoms with Gasteiger partial charge in [0.1, 0.15) is 5.75 Å². The molecule has 14 heavy (non-hydrogen) atoms. The van der Waals surface area contributed by atoms with Gasteiger partial charge in [0.15, 0.2) is 0 Å². The van der Waals surface area contributed by atoms with Crippen molar-refractivity contribution in [2.75, 3.05) is 21.2 Å². The fourth-order valence-corrected chi connectivity index (χ4v) is 1.54. The summed E-state index contributed by atoms with van der Waals surface area (Å²) >= 11 is 3.44. The van der Waals surface area contributed by atoms with E-state index in [1.54, 1.807) is 7.11 Å². The second-order valence-corrected chi connectivity index (χ2v) is 4.10. The summed E-state index contributed by atoms with van der Waals surface area (Å²) in [6.07, 6.45) is 0. The van der Waals surface area contributed by atoms with Gasteiger partial charge in [0.05, 0.1) is 7.11 Å². The highest BCUT2D eigenvalue weighted by Gasteiger charge is 2.03. The summed E-state index contributed by atoms with van der Waals surface area (Å²) in [7, 11) is 5.61. The van der Waals surface area contributed by atoms with Crippen molar-refractivity contribution in [3.63, 3.8) is 0 Å². The van der Waals surface area contributed by atoms with Gasteiger partial charge in [-0.1, -0.05) is 15.9 Å². The number of ether oxygens (including phenoxy) is 1. The van der Waals surface area contributed by atoms with Gasteiger partial charge < -0.3 is 4.74 Å². The number of benzene rings is 1. The van der Waals surface area contributed by atoms with Crippen LogP contribution in [0.5, 0.6) is 5.75 Å². The Kier molecular flexibility index (Phi) is 4.38. The highest BCUT2D eigenvalue weighted by molar-refractivity contribution is 9.10. The van der Waals surface area contributed by atoms with Gasteiger partial charge in [-0.05, 0) is 18.2 Å². The van der Waals surface area contributed by atoms with Crippen molar-refractivity contribution in [2.45, 2.75) is 6.54 Å². The number of hydrogen-bond acceptors (Lipinski definition) is 3. The third-order valence-corrected chi connectivity index (χ3v) is 2.32. The SMILES string of the molecule is COc1ccc(Br)cc1CNN(C)C. The van der Waals surface area contributed by atoms with E-state index < -0.39 is 0 Å². The largest absolute Gasteiger partial charge is 0.496 e. The van der Waals surface area contributed by atoms with Gasteiger partial charge in [-0.3, -0.25) is 10.4 Å². The minimum atomic E-state index is 0.760. The Morgan fingerprint density at radius 1 is 1.43 bits per heavy atom. The Bertz CT molecular complexity index is 302. The summed E-state index contributed by atoms with van der Waals surface area (Å²) in [6.45, 7) is 0.760. The maximum atomic E-state index is 5.25. The molecule has 0 heterocycles. The smallest absolute Gasteiger partial charge is 0.123 e. The lowest BCUT2D eigenvalue weighted by Crippen LogP contribution is -2.29.